The van der Waals surface area contributed by atoms with Gasteiger partial charge >= 0.3 is 15.5 Å². The van der Waals surface area contributed by atoms with Crippen molar-refractivity contribution in [2.75, 3.05) is 45.3 Å². The molecule has 0 saturated carbocycles. The van der Waals surface area contributed by atoms with Crippen LogP contribution in [0, 0.1) is 0 Å². The monoisotopic (exact) mass is 505 g/mol. The molecule has 3 heterocycles. The molecule has 9 nitrogen and oxygen atoms in total. The third-order valence-corrected chi connectivity index (χ3v) is 7.18. The molecule has 0 amide bonds. The van der Waals surface area contributed by atoms with E-state index in [-0.39, 0.29) is 26.2 Å². The summed E-state index contributed by atoms with van der Waals surface area (Å²) in [5, 5.41) is 0.380. The summed E-state index contributed by atoms with van der Waals surface area (Å²) >= 11 is 6.25. The molecule has 1 aliphatic heterocycles. The number of hydrogen-bond donors (Lipinski definition) is 0. The summed E-state index contributed by atoms with van der Waals surface area (Å²) in [5.74, 6) is 1.78. The quantitative estimate of drug-likeness (QED) is 0.526. The highest BCUT2D eigenvalue weighted by atomic mass is 35.5. The number of imidazole rings is 1. The highest BCUT2D eigenvalue weighted by Crippen LogP contribution is 2.38. The molecule has 1 aromatic carbocycles. The Bertz CT molecular complexity index is 1290. The number of methoxy groups -OCH3 is 2. The number of anilines is 1. The Hall–Kier alpha value is -2.77. The van der Waals surface area contributed by atoms with E-state index in [0.29, 0.717) is 43.7 Å². The second-order valence-corrected chi connectivity index (χ2v) is 9.48. The summed E-state index contributed by atoms with van der Waals surface area (Å²) in [6.45, 7) is -0.464. The van der Waals surface area contributed by atoms with Crippen LogP contribution in [-0.4, -0.2) is 73.0 Å². The van der Waals surface area contributed by atoms with Gasteiger partial charge in [0.25, 0.3) is 0 Å². The van der Waals surface area contributed by atoms with Crippen molar-refractivity contribution < 1.29 is 31.1 Å². The molecule has 2 aromatic heterocycles. The summed E-state index contributed by atoms with van der Waals surface area (Å²) < 4.78 is 74.3. The lowest BCUT2D eigenvalue weighted by Crippen LogP contribution is -2.52. The minimum Gasteiger partial charge on any atom is -0.496 e. The summed E-state index contributed by atoms with van der Waals surface area (Å²) in [6.07, 6.45) is 3.45. The molecule has 0 radical (unpaired) electrons. The second kappa shape index (κ2) is 8.54. The highest BCUT2D eigenvalue weighted by molar-refractivity contribution is 7.90. The van der Waals surface area contributed by atoms with Crippen molar-refractivity contribution in [2.24, 2.45) is 0 Å². The van der Waals surface area contributed by atoms with Crippen LogP contribution in [0.25, 0.3) is 17.0 Å². The molecule has 0 N–H and O–H groups in total. The number of nitrogens with zero attached hydrogens (tertiary/aromatic N) is 5. The molecule has 33 heavy (non-hydrogen) atoms. The first-order valence-electron chi connectivity index (χ1n) is 9.64. The molecule has 0 unspecified atom stereocenters. The minimum atomic E-state index is -5.34. The first-order chi connectivity index (χ1) is 15.5. The normalized spacial score (nSPS) is 15.8. The molecule has 0 atom stereocenters. The van der Waals surface area contributed by atoms with Crippen molar-refractivity contribution in [3.63, 3.8) is 0 Å². The molecule has 0 aliphatic carbocycles. The van der Waals surface area contributed by atoms with Gasteiger partial charge in [-0.3, -0.25) is 4.40 Å². The van der Waals surface area contributed by atoms with Crippen molar-refractivity contribution in [2.45, 2.75) is 5.51 Å². The van der Waals surface area contributed by atoms with Gasteiger partial charge in [-0.05, 0) is 12.1 Å². The maximum absolute atomic E-state index is 12.8. The number of aromatic nitrogens is 3. The number of halogens is 4. The van der Waals surface area contributed by atoms with E-state index in [9.17, 15) is 21.6 Å². The smallest absolute Gasteiger partial charge is 0.496 e. The Kier molecular flexibility index (Phi) is 6.05. The predicted octanol–water partition coefficient (Wildman–Crippen LogP) is 3.04. The van der Waals surface area contributed by atoms with Gasteiger partial charge in [0, 0.05) is 50.2 Å². The Labute approximate surface area is 192 Å². The van der Waals surface area contributed by atoms with Crippen LogP contribution in [0.1, 0.15) is 0 Å². The summed E-state index contributed by atoms with van der Waals surface area (Å²) in [5.41, 5.74) is -4.15. The molecule has 4 rings (SSSR count). The topological polar surface area (TPSA) is 89.3 Å². The van der Waals surface area contributed by atoms with Crippen LogP contribution in [0.4, 0.5) is 19.0 Å². The first kappa shape index (κ1) is 23.4. The largest absolute Gasteiger partial charge is 0.511 e. The number of piperazine rings is 1. The van der Waals surface area contributed by atoms with E-state index < -0.39 is 15.5 Å². The molecular weight excluding hydrogens is 487 g/mol. The second-order valence-electron chi connectivity index (χ2n) is 7.14. The SMILES string of the molecule is COc1cc(OC)c(-c2cn3ccc(N4CCN(S(=O)(=O)C(F)(F)F)CC4)nc3n2)cc1Cl. The van der Waals surface area contributed by atoms with Gasteiger partial charge < -0.3 is 14.4 Å². The zero-order valence-electron chi connectivity index (χ0n) is 17.5. The van der Waals surface area contributed by atoms with Crippen LogP contribution >= 0.6 is 11.6 Å². The van der Waals surface area contributed by atoms with Crippen molar-refractivity contribution in [1.29, 1.82) is 0 Å². The molecule has 178 valence electrons. The van der Waals surface area contributed by atoms with Crippen LogP contribution in [0.15, 0.2) is 30.6 Å². The van der Waals surface area contributed by atoms with E-state index in [2.05, 4.69) is 9.97 Å². The van der Waals surface area contributed by atoms with Crippen molar-refractivity contribution in [1.82, 2.24) is 18.7 Å². The van der Waals surface area contributed by atoms with E-state index in [1.54, 1.807) is 39.9 Å². The van der Waals surface area contributed by atoms with Gasteiger partial charge in [-0.1, -0.05) is 11.6 Å². The van der Waals surface area contributed by atoms with Gasteiger partial charge in [0.1, 0.15) is 17.3 Å². The van der Waals surface area contributed by atoms with Gasteiger partial charge in [-0.15, -0.1) is 0 Å². The number of hydrogen-bond acceptors (Lipinski definition) is 7. The van der Waals surface area contributed by atoms with Gasteiger partial charge in [-0.25, -0.2) is 13.4 Å². The van der Waals surface area contributed by atoms with E-state index in [1.807, 2.05) is 0 Å². The molecule has 1 saturated heterocycles. The van der Waals surface area contributed by atoms with Crippen molar-refractivity contribution >= 4 is 33.2 Å². The Morgan fingerprint density at radius 1 is 1.03 bits per heavy atom. The number of ether oxygens (including phenoxy) is 2. The van der Waals surface area contributed by atoms with E-state index in [0.717, 1.165) is 0 Å². The number of fused-ring (bicyclic) bond motifs is 1. The average Bonchev–Trinajstić information content (AvgIpc) is 3.21. The fraction of sp³-hybridized carbons (Fsp3) is 0.368. The summed E-state index contributed by atoms with van der Waals surface area (Å²) in [6, 6.07) is 5.00. The Morgan fingerprint density at radius 2 is 1.70 bits per heavy atom. The standard InChI is InChI=1S/C19H19ClF3N5O4S/c1-31-15-10-16(32-2)13(20)9-12(15)14-11-27-4-3-17(25-18(27)24-14)26-5-7-28(8-6-26)33(29,30)19(21,22)23/h3-4,9-11H,5-8H2,1-2H3. The minimum absolute atomic E-state index is 0.0635. The fourth-order valence-electron chi connectivity index (χ4n) is 3.53. The Balaban J connectivity index is 1.58. The lowest BCUT2D eigenvalue weighted by molar-refractivity contribution is -0.0490. The third-order valence-electron chi connectivity index (χ3n) is 5.26. The Morgan fingerprint density at radius 3 is 2.30 bits per heavy atom. The number of alkyl halides is 3. The first-order valence-corrected chi connectivity index (χ1v) is 11.5. The van der Waals surface area contributed by atoms with Gasteiger partial charge in [0.05, 0.1) is 24.9 Å². The van der Waals surface area contributed by atoms with Crippen LogP contribution in [0.2, 0.25) is 5.02 Å². The predicted molar refractivity (Wildman–Crippen MR) is 115 cm³/mol. The highest BCUT2D eigenvalue weighted by Gasteiger charge is 2.50. The van der Waals surface area contributed by atoms with E-state index in [1.165, 1.54) is 14.2 Å². The molecule has 0 bridgehead atoms. The molecular formula is C19H19ClF3N5O4S. The van der Waals surface area contributed by atoms with E-state index >= 15 is 0 Å². The van der Waals surface area contributed by atoms with Crippen LogP contribution in [-0.2, 0) is 10.0 Å². The lowest BCUT2D eigenvalue weighted by atomic mass is 10.1. The van der Waals surface area contributed by atoms with Gasteiger partial charge in [0.15, 0.2) is 0 Å². The summed E-state index contributed by atoms with van der Waals surface area (Å²) in [4.78, 5) is 10.7. The number of sulfonamides is 1. The van der Waals surface area contributed by atoms with Crippen LogP contribution in [0.3, 0.4) is 0 Å². The van der Waals surface area contributed by atoms with Crippen molar-refractivity contribution in [3.05, 3.63) is 35.6 Å². The molecule has 0 spiro atoms. The number of rotatable bonds is 5. The molecule has 1 aliphatic rings. The van der Waals surface area contributed by atoms with Crippen LogP contribution in [0.5, 0.6) is 11.5 Å². The lowest BCUT2D eigenvalue weighted by Gasteiger charge is -2.34. The zero-order valence-corrected chi connectivity index (χ0v) is 19.1. The van der Waals surface area contributed by atoms with Crippen molar-refractivity contribution in [3.8, 4) is 22.8 Å². The van der Waals surface area contributed by atoms with E-state index in [4.69, 9.17) is 21.1 Å². The molecule has 3 aromatic rings. The molecule has 14 heteroatoms. The molecule has 1 fully saturated rings. The zero-order chi connectivity index (χ0) is 24.0. The van der Waals surface area contributed by atoms with Crippen LogP contribution < -0.4 is 14.4 Å². The maximum Gasteiger partial charge on any atom is 0.511 e. The van der Waals surface area contributed by atoms with Gasteiger partial charge in [-0.2, -0.15) is 22.5 Å². The van der Waals surface area contributed by atoms with Gasteiger partial charge in [0.2, 0.25) is 5.78 Å². The third kappa shape index (κ3) is 4.27. The number of benzene rings is 1. The summed E-state index contributed by atoms with van der Waals surface area (Å²) in [7, 11) is -2.34. The fourth-order valence-corrected chi connectivity index (χ4v) is 4.71. The average molecular weight is 506 g/mol. The maximum atomic E-state index is 12.8.